The molecule has 0 saturated carbocycles. The summed E-state index contributed by atoms with van der Waals surface area (Å²) in [7, 11) is 1.51. The number of rotatable bonds is 3. The molecular weight excluding hydrogens is 284 g/mol. The topological polar surface area (TPSA) is 89.2 Å². The van der Waals surface area contributed by atoms with Crippen molar-refractivity contribution >= 4 is 28.9 Å². The van der Waals surface area contributed by atoms with Gasteiger partial charge in [0.25, 0.3) is 11.6 Å². The van der Waals surface area contributed by atoms with Crippen LogP contribution in [0.2, 0.25) is 5.15 Å². The van der Waals surface area contributed by atoms with Gasteiger partial charge in [-0.25, -0.2) is 4.98 Å². The van der Waals surface area contributed by atoms with Crippen molar-refractivity contribution in [1.29, 1.82) is 0 Å². The van der Waals surface area contributed by atoms with Crippen molar-refractivity contribution in [2.45, 2.75) is 0 Å². The van der Waals surface area contributed by atoms with E-state index in [0.29, 0.717) is 5.69 Å². The molecular formula is C12H9ClN4O3. The summed E-state index contributed by atoms with van der Waals surface area (Å²) in [4.78, 5) is 31.3. The first-order chi connectivity index (χ1) is 9.50. The Hall–Kier alpha value is -2.54. The fraction of sp³-hybridized carbons (Fsp3) is 0.0833. The molecule has 0 aliphatic heterocycles. The van der Waals surface area contributed by atoms with Crippen molar-refractivity contribution in [3.8, 4) is 0 Å². The quantitative estimate of drug-likeness (QED) is 0.492. The first-order valence-corrected chi connectivity index (χ1v) is 5.86. The van der Waals surface area contributed by atoms with Crippen LogP contribution in [0, 0.1) is 10.1 Å². The molecule has 102 valence electrons. The summed E-state index contributed by atoms with van der Waals surface area (Å²) in [6.07, 6.45) is 4.01. The van der Waals surface area contributed by atoms with Gasteiger partial charge in [-0.1, -0.05) is 11.6 Å². The molecule has 20 heavy (non-hydrogen) atoms. The molecule has 0 fully saturated rings. The maximum atomic E-state index is 12.3. The standard InChI is InChI=1S/C12H9ClN4O3/c1-16(8-2-4-14-5-3-8)12(18)9-6-11(13)15-7-10(9)17(19)20/h2-7H,1H3. The smallest absolute Gasteiger partial charge is 0.300 e. The molecule has 2 aromatic rings. The summed E-state index contributed by atoms with van der Waals surface area (Å²) in [5.41, 5.74) is 0.0573. The molecule has 0 saturated heterocycles. The van der Waals surface area contributed by atoms with Crippen molar-refractivity contribution < 1.29 is 9.72 Å². The van der Waals surface area contributed by atoms with Crippen molar-refractivity contribution in [2.75, 3.05) is 11.9 Å². The highest BCUT2D eigenvalue weighted by molar-refractivity contribution is 6.30. The number of hydrogen-bond acceptors (Lipinski definition) is 5. The van der Waals surface area contributed by atoms with Crippen LogP contribution >= 0.6 is 11.6 Å². The average molecular weight is 293 g/mol. The maximum absolute atomic E-state index is 12.3. The summed E-state index contributed by atoms with van der Waals surface area (Å²) in [5, 5.41) is 11.0. The van der Waals surface area contributed by atoms with Gasteiger partial charge in [0.2, 0.25) is 0 Å². The first-order valence-electron chi connectivity index (χ1n) is 5.48. The molecule has 0 bridgehead atoms. The van der Waals surface area contributed by atoms with E-state index in [0.717, 1.165) is 6.20 Å². The van der Waals surface area contributed by atoms with Gasteiger partial charge in [-0.05, 0) is 18.2 Å². The molecule has 0 aliphatic carbocycles. The van der Waals surface area contributed by atoms with Gasteiger partial charge in [0.15, 0.2) is 0 Å². The zero-order chi connectivity index (χ0) is 14.7. The van der Waals surface area contributed by atoms with Gasteiger partial charge in [0, 0.05) is 25.1 Å². The number of aromatic nitrogens is 2. The van der Waals surface area contributed by atoms with E-state index in [1.54, 1.807) is 12.1 Å². The van der Waals surface area contributed by atoms with E-state index in [1.165, 1.54) is 30.4 Å². The molecule has 0 aliphatic rings. The number of halogens is 1. The van der Waals surface area contributed by atoms with Gasteiger partial charge in [-0.3, -0.25) is 19.9 Å². The SMILES string of the molecule is CN(C(=O)c1cc(Cl)ncc1[N+](=O)[O-])c1ccncc1. The second kappa shape index (κ2) is 5.62. The number of anilines is 1. The summed E-state index contributed by atoms with van der Waals surface area (Å²) in [6.45, 7) is 0. The van der Waals surface area contributed by atoms with Crippen molar-refractivity contribution in [3.63, 3.8) is 0 Å². The Kier molecular flexibility index (Phi) is 3.90. The Balaban J connectivity index is 2.43. The van der Waals surface area contributed by atoms with E-state index in [-0.39, 0.29) is 16.4 Å². The Labute approximate surface area is 119 Å². The molecule has 7 nitrogen and oxygen atoms in total. The summed E-state index contributed by atoms with van der Waals surface area (Å²) in [6, 6.07) is 4.42. The molecule has 0 spiro atoms. The second-order valence-electron chi connectivity index (χ2n) is 3.85. The molecule has 0 aromatic carbocycles. The predicted octanol–water partition coefficient (Wildman–Crippen LogP) is 2.31. The van der Waals surface area contributed by atoms with Crippen LogP contribution in [0.25, 0.3) is 0 Å². The zero-order valence-corrected chi connectivity index (χ0v) is 11.1. The highest BCUT2D eigenvalue weighted by atomic mass is 35.5. The average Bonchev–Trinajstić information content (AvgIpc) is 2.46. The molecule has 2 rings (SSSR count). The second-order valence-corrected chi connectivity index (χ2v) is 4.24. The van der Waals surface area contributed by atoms with Crippen LogP contribution in [-0.4, -0.2) is 27.8 Å². The van der Waals surface area contributed by atoms with Gasteiger partial charge in [0.05, 0.1) is 4.92 Å². The third-order valence-corrected chi connectivity index (χ3v) is 2.84. The number of carbonyl (C=O) groups excluding carboxylic acids is 1. The van der Waals surface area contributed by atoms with E-state index < -0.39 is 10.8 Å². The fourth-order valence-corrected chi connectivity index (χ4v) is 1.76. The summed E-state index contributed by atoms with van der Waals surface area (Å²) < 4.78 is 0. The summed E-state index contributed by atoms with van der Waals surface area (Å²) >= 11 is 5.70. The minimum absolute atomic E-state index is 0.0158. The zero-order valence-electron chi connectivity index (χ0n) is 10.4. The van der Waals surface area contributed by atoms with Crippen LogP contribution in [0.5, 0.6) is 0 Å². The largest absolute Gasteiger partial charge is 0.311 e. The van der Waals surface area contributed by atoms with E-state index in [2.05, 4.69) is 9.97 Å². The number of nitro groups is 1. The third-order valence-electron chi connectivity index (χ3n) is 2.63. The maximum Gasteiger partial charge on any atom is 0.300 e. The summed E-state index contributed by atoms with van der Waals surface area (Å²) in [5.74, 6) is -0.549. The minimum Gasteiger partial charge on any atom is -0.311 e. The lowest BCUT2D eigenvalue weighted by Crippen LogP contribution is -2.27. The van der Waals surface area contributed by atoms with Crippen LogP contribution < -0.4 is 4.90 Å². The molecule has 1 amide bonds. The minimum atomic E-state index is -0.670. The fourth-order valence-electron chi connectivity index (χ4n) is 1.61. The van der Waals surface area contributed by atoms with Gasteiger partial charge in [0.1, 0.15) is 16.9 Å². The van der Waals surface area contributed by atoms with E-state index in [4.69, 9.17) is 11.6 Å². The van der Waals surface area contributed by atoms with Gasteiger partial charge in [-0.2, -0.15) is 0 Å². The van der Waals surface area contributed by atoms with Crippen LogP contribution in [0.1, 0.15) is 10.4 Å². The highest BCUT2D eigenvalue weighted by Gasteiger charge is 2.24. The van der Waals surface area contributed by atoms with E-state index in [1.807, 2.05) is 0 Å². The molecule has 2 heterocycles. The first kappa shape index (κ1) is 13.9. The highest BCUT2D eigenvalue weighted by Crippen LogP contribution is 2.23. The number of hydrogen-bond donors (Lipinski definition) is 0. The number of amides is 1. The van der Waals surface area contributed by atoms with Crippen LogP contribution in [0.15, 0.2) is 36.8 Å². The van der Waals surface area contributed by atoms with E-state index in [9.17, 15) is 14.9 Å². The number of nitrogens with zero attached hydrogens (tertiary/aromatic N) is 4. The predicted molar refractivity (Wildman–Crippen MR) is 72.9 cm³/mol. The number of carbonyl (C=O) groups is 1. The Morgan fingerprint density at radius 3 is 2.65 bits per heavy atom. The third kappa shape index (κ3) is 2.72. The van der Waals surface area contributed by atoms with Crippen LogP contribution in [0.4, 0.5) is 11.4 Å². The molecule has 0 N–H and O–H groups in total. The Morgan fingerprint density at radius 1 is 1.40 bits per heavy atom. The monoisotopic (exact) mass is 292 g/mol. The van der Waals surface area contributed by atoms with Gasteiger partial charge in [-0.15, -0.1) is 0 Å². The lowest BCUT2D eigenvalue weighted by atomic mass is 10.2. The van der Waals surface area contributed by atoms with E-state index >= 15 is 0 Å². The molecule has 2 aromatic heterocycles. The number of pyridine rings is 2. The molecule has 0 radical (unpaired) electrons. The van der Waals surface area contributed by atoms with Gasteiger partial charge < -0.3 is 4.90 Å². The van der Waals surface area contributed by atoms with Crippen molar-refractivity contribution in [2.24, 2.45) is 0 Å². The van der Waals surface area contributed by atoms with Crippen molar-refractivity contribution in [3.05, 3.63) is 57.6 Å². The normalized spacial score (nSPS) is 10.1. The van der Waals surface area contributed by atoms with Crippen LogP contribution in [-0.2, 0) is 0 Å². The molecule has 0 atom stereocenters. The molecule has 8 heteroatoms. The lowest BCUT2D eigenvalue weighted by molar-refractivity contribution is -0.385. The lowest BCUT2D eigenvalue weighted by Gasteiger charge is -2.16. The Morgan fingerprint density at radius 2 is 2.05 bits per heavy atom. The van der Waals surface area contributed by atoms with Crippen LogP contribution in [0.3, 0.4) is 0 Å². The Bertz CT molecular complexity index is 663. The molecule has 0 unspecified atom stereocenters. The van der Waals surface area contributed by atoms with Crippen molar-refractivity contribution in [1.82, 2.24) is 9.97 Å². The van der Waals surface area contributed by atoms with Gasteiger partial charge >= 0.3 is 0 Å².